The Morgan fingerprint density at radius 2 is 2.23 bits per heavy atom. The molecule has 0 aliphatic rings. The molecule has 1 aromatic carbocycles. The van der Waals surface area contributed by atoms with Crippen LogP contribution in [0.5, 0.6) is 0 Å². The molecular formula is C9H7BrClIO. The first-order valence-electron chi connectivity index (χ1n) is 3.61. The summed E-state index contributed by atoms with van der Waals surface area (Å²) in [5.74, 6) is 0.00582. The second-order valence-electron chi connectivity index (χ2n) is 2.62. The second-order valence-corrected chi connectivity index (χ2v) is 4.96. The summed E-state index contributed by atoms with van der Waals surface area (Å²) in [4.78, 5) is 11.4. The van der Waals surface area contributed by atoms with E-state index in [-0.39, 0.29) is 11.7 Å². The topological polar surface area (TPSA) is 17.1 Å². The largest absolute Gasteiger partial charge is 0.293 e. The maximum absolute atomic E-state index is 11.4. The van der Waals surface area contributed by atoms with Crippen molar-refractivity contribution < 1.29 is 4.79 Å². The van der Waals surface area contributed by atoms with Crippen molar-refractivity contribution in [3.63, 3.8) is 0 Å². The molecule has 1 rings (SSSR count). The number of benzene rings is 1. The molecule has 0 N–H and O–H groups in total. The van der Waals surface area contributed by atoms with Crippen LogP contribution in [0.4, 0.5) is 0 Å². The molecule has 4 heteroatoms. The van der Waals surface area contributed by atoms with Gasteiger partial charge < -0.3 is 0 Å². The van der Waals surface area contributed by atoms with Crippen molar-refractivity contribution in [3.05, 3.63) is 31.3 Å². The van der Waals surface area contributed by atoms with E-state index in [9.17, 15) is 4.79 Å². The minimum atomic E-state index is -0.0293. The van der Waals surface area contributed by atoms with E-state index in [1.807, 2.05) is 19.1 Å². The number of rotatable bonds is 2. The predicted octanol–water partition coefficient (Wildman–Crippen LogP) is 3.78. The number of alkyl halides is 1. The standard InChI is InChI=1S/C9H7BrClIO/c1-5-7(9(13)4-11)2-6(10)3-8(5)12/h2-3H,4H2,1H3. The molecule has 0 fully saturated rings. The van der Waals surface area contributed by atoms with Gasteiger partial charge in [0, 0.05) is 13.6 Å². The van der Waals surface area contributed by atoms with Gasteiger partial charge >= 0.3 is 0 Å². The first-order chi connectivity index (χ1) is 6.06. The van der Waals surface area contributed by atoms with E-state index in [0.29, 0.717) is 5.56 Å². The molecular weight excluding hydrogens is 366 g/mol. The molecule has 0 aliphatic heterocycles. The van der Waals surface area contributed by atoms with Gasteiger partial charge in [0.1, 0.15) is 0 Å². The Morgan fingerprint density at radius 3 is 2.77 bits per heavy atom. The van der Waals surface area contributed by atoms with Gasteiger partial charge in [0.05, 0.1) is 5.88 Å². The molecule has 0 aliphatic carbocycles. The van der Waals surface area contributed by atoms with Crippen LogP contribution in [0.1, 0.15) is 15.9 Å². The van der Waals surface area contributed by atoms with Gasteiger partial charge in [-0.2, -0.15) is 0 Å². The third kappa shape index (κ3) is 2.67. The van der Waals surface area contributed by atoms with Crippen molar-refractivity contribution in [1.82, 2.24) is 0 Å². The molecule has 0 unspecified atom stereocenters. The van der Waals surface area contributed by atoms with Gasteiger partial charge in [-0.25, -0.2) is 0 Å². The Bertz CT molecular complexity index is 352. The molecule has 1 nitrogen and oxygen atoms in total. The Kier molecular flexibility index (Phi) is 4.19. The van der Waals surface area contributed by atoms with Crippen LogP contribution in [0, 0.1) is 10.5 Å². The van der Waals surface area contributed by atoms with Gasteiger partial charge in [0.15, 0.2) is 5.78 Å². The number of carbonyl (C=O) groups excluding carboxylic acids is 1. The van der Waals surface area contributed by atoms with Crippen LogP contribution in [0.3, 0.4) is 0 Å². The summed E-state index contributed by atoms with van der Waals surface area (Å²) >= 11 is 11.0. The Labute approximate surface area is 104 Å². The lowest BCUT2D eigenvalue weighted by atomic mass is 10.1. The summed E-state index contributed by atoms with van der Waals surface area (Å²) < 4.78 is 1.98. The number of hydrogen-bond donors (Lipinski definition) is 0. The Morgan fingerprint density at radius 1 is 1.62 bits per heavy atom. The molecule has 0 bridgehead atoms. The number of halogens is 3. The van der Waals surface area contributed by atoms with E-state index in [1.165, 1.54) is 0 Å². The smallest absolute Gasteiger partial charge is 0.177 e. The van der Waals surface area contributed by atoms with Crippen molar-refractivity contribution in [3.8, 4) is 0 Å². The Hall–Kier alpha value is 0.390. The van der Waals surface area contributed by atoms with Gasteiger partial charge in [-0.1, -0.05) is 15.9 Å². The van der Waals surface area contributed by atoms with E-state index >= 15 is 0 Å². The molecule has 0 atom stereocenters. The fourth-order valence-electron chi connectivity index (χ4n) is 1.01. The summed E-state index contributed by atoms with van der Waals surface area (Å²) in [7, 11) is 0. The van der Waals surface area contributed by atoms with E-state index in [4.69, 9.17) is 11.6 Å². The van der Waals surface area contributed by atoms with Crippen molar-refractivity contribution in [2.75, 3.05) is 5.88 Å². The zero-order valence-electron chi connectivity index (χ0n) is 6.90. The zero-order valence-corrected chi connectivity index (χ0v) is 11.4. The van der Waals surface area contributed by atoms with Crippen molar-refractivity contribution >= 4 is 55.9 Å². The highest BCUT2D eigenvalue weighted by Gasteiger charge is 2.10. The quantitative estimate of drug-likeness (QED) is 0.438. The van der Waals surface area contributed by atoms with Crippen molar-refractivity contribution in [2.45, 2.75) is 6.92 Å². The fraction of sp³-hybridized carbons (Fsp3) is 0.222. The molecule has 1 aromatic rings. The van der Waals surface area contributed by atoms with Crippen LogP contribution in [-0.2, 0) is 0 Å². The van der Waals surface area contributed by atoms with Crippen LogP contribution in [0.2, 0.25) is 0 Å². The van der Waals surface area contributed by atoms with Gasteiger partial charge in [0.25, 0.3) is 0 Å². The fourth-order valence-corrected chi connectivity index (χ4v) is 2.66. The molecule has 0 heterocycles. The average molecular weight is 373 g/mol. The summed E-state index contributed by atoms with van der Waals surface area (Å²) in [6, 6.07) is 3.78. The maximum atomic E-state index is 11.4. The molecule has 0 amide bonds. The second kappa shape index (κ2) is 4.75. The van der Waals surface area contributed by atoms with Crippen LogP contribution >= 0.6 is 50.1 Å². The molecule has 13 heavy (non-hydrogen) atoms. The number of hydrogen-bond acceptors (Lipinski definition) is 1. The number of Topliss-reactive ketones (excluding diaryl/α,β-unsaturated/α-hetero) is 1. The zero-order chi connectivity index (χ0) is 10.0. The van der Waals surface area contributed by atoms with Gasteiger partial charge in [-0.3, -0.25) is 4.79 Å². The third-order valence-electron chi connectivity index (χ3n) is 1.73. The molecule has 0 radical (unpaired) electrons. The SMILES string of the molecule is Cc1c(I)cc(Br)cc1C(=O)CCl. The minimum Gasteiger partial charge on any atom is -0.293 e. The van der Waals surface area contributed by atoms with E-state index in [1.54, 1.807) is 0 Å². The molecule has 0 spiro atoms. The van der Waals surface area contributed by atoms with E-state index < -0.39 is 0 Å². The first-order valence-corrected chi connectivity index (χ1v) is 6.01. The van der Waals surface area contributed by atoms with Crippen molar-refractivity contribution in [2.24, 2.45) is 0 Å². The van der Waals surface area contributed by atoms with Gasteiger partial charge in [-0.15, -0.1) is 11.6 Å². The first kappa shape index (κ1) is 11.5. The number of carbonyl (C=O) groups is 1. The van der Waals surface area contributed by atoms with E-state index in [2.05, 4.69) is 38.5 Å². The lowest BCUT2D eigenvalue weighted by Crippen LogP contribution is -2.04. The maximum Gasteiger partial charge on any atom is 0.177 e. The van der Waals surface area contributed by atoms with Gasteiger partial charge in [0.2, 0.25) is 0 Å². The summed E-state index contributed by atoms with van der Waals surface area (Å²) in [5.41, 5.74) is 1.70. The minimum absolute atomic E-state index is 0.0293. The average Bonchev–Trinajstić information content (AvgIpc) is 2.10. The number of ketones is 1. The normalized spacial score (nSPS) is 10.2. The monoisotopic (exact) mass is 372 g/mol. The lowest BCUT2D eigenvalue weighted by molar-refractivity contribution is 0.102. The summed E-state index contributed by atoms with van der Waals surface area (Å²) in [5, 5.41) is 0. The molecule has 0 saturated heterocycles. The Balaban J connectivity index is 3.28. The van der Waals surface area contributed by atoms with Crippen LogP contribution in [0.25, 0.3) is 0 Å². The molecule has 0 aromatic heterocycles. The van der Waals surface area contributed by atoms with Crippen LogP contribution in [0.15, 0.2) is 16.6 Å². The van der Waals surface area contributed by atoms with Crippen LogP contribution in [-0.4, -0.2) is 11.7 Å². The van der Waals surface area contributed by atoms with Crippen molar-refractivity contribution in [1.29, 1.82) is 0 Å². The van der Waals surface area contributed by atoms with Crippen LogP contribution < -0.4 is 0 Å². The highest BCUT2D eigenvalue weighted by Crippen LogP contribution is 2.22. The summed E-state index contributed by atoms with van der Waals surface area (Å²) in [6.45, 7) is 1.92. The highest BCUT2D eigenvalue weighted by molar-refractivity contribution is 14.1. The summed E-state index contributed by atoms with van der Waals surface area (Å²) in [6.07, 6.45) is 0. The highest BCUT2D eigenvalue weighted by atomic mass is 127. The third-order valence-corrected chi connectivity index (χ3v) is 3.55. The van der Waals surface area contributed by atoms with E-state index in [0.717, 1.165) is 13.6 Å². The molecule has 70 valence electrons. The predicted molar refractivity (Wildman–Crippen MR) is 66.6 cm³/mol. The molecule has 0 saturated carbocycles. The lowest BCUT2D eigenvalue weighted by Gasteiger charge is -2.05. The van der Waals surface area contributed by atoms with Gasteiger partial charge in [-0.05, 0) is 47.2 Å².